The van der Waals surface area contributed by atoms with Gasteiger partial charge in [0.15, 0.2) is 11.5 Å². The highest BCUT2D eigenvalue weighted by Gasteiger charge is 2.53. The summed E-state index contributed by atoms with van der Waals surface area (Å²) in [7, 11) is 0. The van der Waals surface area contributed by atoms with E-state index in [1.165, 1.54) is 11.3 Å². The molecule has 1 spiro atoms. The maximum atomic E-state index is 13.6. The van der Waals surface area contributed by atoms with Gasteiger partial charge in [-0.05, 0) is 55.2 Å². The van der Waals surface area contributed by atoms with E-state index in [-0.39, 0.29) is 30.4 Å². The number of rotatable bonds is 6. The summed E-state index contributed by atoms with van der Waals surface area (Å²) in [5, 5.41) is 0. The fourth-order valence-corrected chi connectivity index (χ4v) is 5.36. The highest BCUT2D eigenvalue weighted by atomic mass is 16.2. The zero-order valence-electron chi connectivity index (χ0n) is 18.5. The van der Waals surface area contributed by atoms with Gasteiger partial charge in [0, 0.05) is 12.6 Å². The third-order valence-electron chi connectivity index (χ3n) is 7.53. The van der Waals surface area contributed by atoms with Crippen LogP contribution >= 0.6 is 0 Å². The van der Waals surface area contributed by atoms with E-state index in [2.05, 4.69) is 11.9 Å². The number of carbonyl (C=O) groups is 2. The van der Waals surface area contributed by atoms with Gasteiger partial charge in [0.1, 0.15) is 6.54 Å². The van der Waals surface area contributed by atoms with Gasteiger partial charge in [-0.15, -0.1) is 0 Å². The van der Waals surface area contributed by atoms with Gasteiger partial charge in [-0.2, -0.15) is 0 Å². The van der Waals surface area contributed by atoms with Crippen molar-refractivity contribution in [2.24, 2.45) is 16.6 Å². The second-order valence-corrected chi connectivity index (χ2v) is 9.32. The zero-order valence-corrected chi connectivity index (χ0v) is 18.5. The maximum Gasteiger partial charge on any atom is 0.262 e. The molecule has 6 nitrogen and oxygen atoms in total. The number of amides is 2. The van der Waals surface area contributed by atoms with E-state index in [1.54, 1.807) is 0 Å². The molecule has 2 amide bonds. The molecular weight excluding hydrogens is 400 g/mol. The van der Waals surface area contributed by atoms with Crippen molar-refractivity contribution in [3.63, 3.8) is 0 Å². The fraction of sp³-hybridized carbons (Fsp3) is 0.423. The molecule has 32 heavy (non-hydrogen) atoms. The number of nitrogens with zero attached hydrogens (tertiary/aromatic N) is 3. The lowest BCUT2D eigenvalue weighted by Crippen LogP contribution is -2.51. The number of aliphatic imine (C=N–C) groups is 1. The van der Waals surface area contributed by atoms with Crippen molar-refractivity contribution in [1.82, 2.24) is 9.80 Å². The molecule has 2 aliphatic carbocycles. The summed E-state index contributed by atoms with van der Waals surface area (Å²) in [5.74, 6) is 0.402. The van der Waals surface area contributed by atoms with Crippen LogP contribution in [-0.4, -0.2) is 40.2 Å². The molecule has 1 saturated carbocycles. The Bertz CT molecular complexity index is 1060. The Morgan fingerprint density at radius 2 is 1.91 bits per heavy atom. The molecule has 6 heteroatoms. The second-order valence-electron chi connectivity index (χ2n) is 9.32. The minimum absolute atomic E-state index is 0.0675. The SMILES string of the molecule is CC(C1CCC1)N(Cc1ccccc1)C(=O)CN1C(=O)C2(CCc3ccccc32)N=C1N. The molecule has 1 aliphatic heterocycles. The molecule has 166 valence electrons. The molecule has 2 atom stereocenters. The average Bonchev–Trinajstić information content (AvgIpc) is 3.24. The molecule has 0 aromatic heterocycles. The molecule has 2 aromatic carbocycles. The molecule has 0 saturated heterocycles. The average molecular weight is 431 g/mol. The Balaban J connectivity index is 1.37. The first kappa shape index (κ1) is 20.7. The Labute approximate surface area is 189 Å². The highest BCUT2D eigenvalue weighted by molar-refractivity contribution is 6.09. The predicted octanol–water partition coefficient (Wildman–Crippen LogP) is 3.20. The summed E-state index contributed by atoms with van der Waals surface area (Å²) in [5.41, 5.74) is 8.42. The summed E-state index contributed by atoms with van der Waals surface area (Å²) in [6.07, 6.45) is 4.90. The van der Waals surface area contributed by atoms with Gasteiger partial charge in [0.2, 0.25) is 5.91 Å². The number of benzene rings is 2. The van der Waals surface area contributed by atoms with E-state index in [0.717, 1.165) is 36.0 Å². The lowest BCUT2D eigenvalue weighted by Gasteiger charge is -2.40. The zero-order chi connectivity index (χ0) is 22.3. The molecule has 5 rings (SSSR count). The van der Waals surface area contributed by atoms with Gasteiger partial charge in [-0.1, -0.05) is 61.0 Å². The summed E-state index contributed by atoms with van der Waals surface area (Å²) < 4.78 is 0. The highest BCUT2D eigenvalue weighted by Crippen LogP contribution is 2.44. The number of aryl methyl sites for hydroxylation is 1. The molecule has 1 heterocycles. The van der Waals surface area contributed by atoms with Gasteiger partial charge >= 0.3 is 0 Å². The number of fused-ring (bicyclic) bond motifs is 2. The van der Waals surface area contributed by atoms with Crippen molar-refractivity contribution < 1.29 is 9.59 Å². The molecule has 2 aromatic rings. The normalized spacial score (nSPS) is 23.1. The van der Waals surface area contributed by atoms with Crippen LogP contribution in [0.4, 0.5) is 0 Å². The van der Waals surface area contributed by atoms with Crippen molar-refractivity contribution in [1.29, 1.82) is 0 Å². The Kier molecular flexibility index (Phi) is 5.24. The van der Waals surface area contributed by atoms with E-state index in [9.17, 15) is 9.59 Å². The molecule has 3 aliphatic rings. The topological polar surface area (TPSA) is 79.0 Å². The van der Waals surface area contributed by atoms with Crippen molar-refractivity contribution >= 4 is 17.8 Å². The van der Waals surface area contributed by atoms with E-state index in [1.807, 2.05) is 59.5 Å². The summed E-state index contributed by atoms with van der Waals surface area (Å²) >= 11 is 0. The molecule has 2 N–H and O–H groups in total. The number of nitrogens with two attached hydrogens (primary N) is 1. The predicted molar refractivity (Wildman–Crippen MR) is 124 cm³/mol. The second kappa shape index (κ2) is 8.08. The van der Waals surface area contributed by atoms with Crippen molar-refractivity contribution in [3.05, 3.63) is 71.3 Å². The number of carbonyl (C=O) groups excluding carboxylic acids is 2. The van der Waals surface area contributed by atoms with Gasteiger partial charge in [-0.3, -0.25) is 14.5 Å². The van der Waals surface area contributed by atoms with Crippen LogP contribution in [0.1, 0.15) is 49.3 Å². The van der Waals surface area contributed by atoms with E-state index >= 15 is 0 Å². The number of hydrogen-bond acceptors (Lipinski definition) is 4. The van der Waals surface area contributed by atoms with Gasteiger partial charge < -0.3 is 10.6 Å². The third kappa shape index (κ3) is 3.38. The third-order valence-corrected chi connectivity index (χ3v) is 7.53. The Hall–Kier alpha value is -3.15. The van der Waals surface area contributed by atoms with Crippen LogP contribution in [0, 0.1) is 5.92 Å². The summed E-state index contributed by atoms with van der Waals surface area (Å²) in [4.78, 5) is 35.1. The van der Waals surface area contributed by atoms with Gasteiger partial charge in [0.25, 0.3) is 5.91 Å². The maximum absolute atomic E-state index is 13.6. The van der Waals surface area contributed by atoms with Crippen LogP contribution in [0.15, 0.2) is 59.6 Å². The van der Waals surface area contributed by atoms with E-state index < -0.39 is 5.54 Å². The van der Waals surface area contributed by atoms with Crippen LogP contribution in [-0.2, 0) is 28.1 Å². The quantitative estimate of drug-likeness (QED) is 0.764. The largest absolute Gasteiger partial charge is 0.369 e. The molecule has 2 unspecified atom stereocenters. The van der Waals surface area contributed by atoms with Crippen LogP contribution in [0.25, 0.3) is 0 Å². The standard InChI is InChI=1S/C26H30N4O2/c1-18(20-11-7-12-20)29(16-19-8-3-2-4-9-19)23(31)17-30-24(32)26(28-25(30)27)15-14-21-10-5-6-13-22(21)26/h2-6,8-10,13,18,20H,7,11-12,14-17H2,1H3,(H2,27,28). The van der Waals surface area contributed by atoms with Crippen LogP contribution in [0.5, 0.6) is 0 Å². The first-order valence-electron chi connectivity index (χ1n) is 11.6. The van der Waals surface area contributed by atoms with Gasteiger partial charge in [-0.25, -0.2) is 4.99 Å². The van der Waals surface area contributed by atoms with Crippen molar-refractivity contribution in [3.8, 4) is 0 Å². The lowest BCUT2D eigenvalue weighted by molar-refractivity contribution is -0.141. The summed E-state index contributed by atoms with van der Waals surface area (Å²) in [6.45, 7) is 2.59. The molecule has 0 radical (unpaired) electrons. The lowest BCUT2D eigenvalue weighted by atomic mass is 9.79. The van der Waals surface area contributed by atoms with Gasteiger partial charge in [0.05, 0.1) is 0 Å². The van der Waals surface area contributed by atoms with Crippen molar-refractivity contribution in [2.75, 3.05) is 6.54 Å². The Morgan fingerprint density at radius 3 is 2.62 bits per heavy atom. The van der Waals surface area contributed by atoms with Crippen molar-refractivity contribution in [2.45, 2.75) is 57.2 Å². The Morgan fingerprint density at radius 1 is 1.19 bits per heavy atom. The molecule has 0 bridgehead atoms. The van der Waals surface area contributed by atoms with E-state index in [4.69, 9.17) is 5.73 Å². The smallest absolute Gasteiger partial charge is 0.262 e. The monoisotopic (exact) mass is 430 g/mol. The minimum atomic E-state index is -0.967. The number of guanidine groups is 1. The van der Waals surface area contributed by atoms with Crippen LogP contribution in [0.3, 0.4) is 0 Å². The molecular formula is C26H30N4O2. The summed E-state index contributed by atoms with van der Waals surface area (Å²) in [6, 6.07) is 18.1. The van der Waals surface area contributed by atoms with Crippen LogP contribution < -0.4 is 5.73 Å². The van der Waals surface area contributed by atoms with E-state index in [0.29, 0.717) is 18.9 Å². The minimum Gasteiger partial charge on any atom is -0.369 e. The first-order chi connectivity index (χ1) is 15.5. The fourth-order valence-electron chi connectivity index (χ4n) is 5.36. The molecule has 1 fully saturated rings. The van der Waals surface area contributed by atoms with Crippen LogP contribution in [0.2, 0.25) is 0 Å². The first-order valence-corrected chi connectivity index (χ1v) is 11.6. The number of hydrogen-bond donors (Lipinski definition) is 1.